The third-order valence-corrected chi connectivity index (χ3v) is 6.50. The summed E-state index contributed by atoms with van der Waals surface area (Å²) in [5, 5.41) is 1.33. The summed E-state index contributed by atoms with van der Waals surface area (Å²) in [6.45, 7) is 4.58. The van der Waals surface area contributed by atoms with Crippen molar-refractivity contribution >= 4 is 28.9 Å². The van der Waals surface area contributed by atoms with Gasteiger partial charge in [-0.15, -0.1) is 11.8 Å². The fraction of sp³-hybridized carbons (Fsp3) is 0.400. The van der Waals surface area contributed by atoms with Gasteiger partial charge in [0.05, 0.1) is 27.2 Å². The average Bonchev–Trinajstić information content (AvgIpc) is 2.54. The highest BCUT2D eigenvalue weighted by atomic mass is 35.5. The first-order valence-electron chi connectivity index (χ1n) is 8.34. The van der Waals surface area contributed by atoms with Gasteiger partial charge >= 0.3 is 0 Å². The van der Waals surface area contributed by atoms with Gasteiger partial charge in [-0.2, -0.15) is 0 Å². The molecule has 0 fully saturated rings. The number of fused-ring (bicyclic) bond motifs is 2. The molecule has 122 valence electrons. The fourth-order valence-electron chi connectivity index (χ4n) is 3.12. The Labute approximate surface area is 149 Å². The first-order chi connectivity index (χ1) is 11.0. The lowest BCUT2D eigenvalue weighted by Gasteiger charge is -2.34. The van der Waals surface area contributed by atoms with Gasteiger partial charge in [-0.05, 0) is 30.2 Å². The van der Waals surface area contributed by atoms with E-state index in [9.17, 15) is 0 Å². The summed E-state index contributed by atoms with van der Waals surface area (Å²) in [5.41, 5.74) is 2.83. The standard InChI is InChI=1S/C20H25ClNS/c1-4-22(2,3)13-7-9-16-17-8-5-6-10-19(17)23-20-12-11-15(21)14-18(16)20/h5-6,8-12,14,18,20H,4,7,13H2,1-3H3/q+1/b16-9-/t18-,20+/m1/s1. The molecule has 0 aromatic heterocycles. The predicted molar refractivity (Wildman–Crippen MR) is 103 cm³/mol. The molecule has 1 aromatic carbocycles. The van der Waals surface area contributed by atoms with E-state index in [2.05, 4.69) is 63.5 Å². The molecule has 0 radical (unpaired) electrons. The van der Waals surface area contributed by atoms with Crippen LogP contribution in [0.15, 0.2) is 58.5 Å². The molecule has 0 spiro atoms. The van der Waals surface area contributed by atoms with Crippen LogP contribution in [0.4, 0.5) is 0 Å². The van der Waals surface area contributed by atoms with Crippen molar-refractivity contribution in [2.24, 2.45) is 5.92 Å². The lowest BCUT2D eigenvalue weighted by atomic mass is 9.85. The predicted octanol–water partition coefficient (Wildman–Crippen LogP) is 5.34. The zero-order valence-corrected chi connectivity index (χ0v) is 15.7. The van der Waals surface area contributed by atoms with Gasteiger partial charge in [0, 0.05) is 27.5 Å². The van der Waals surface area contributed by atoms with Crippen LogP contribution < -0.4 is 0 Å². The molecule has 3 rings (SSSR count). The average molecular weight is 347 g/mol. The molecule has 23 heavy (non-hydrogen) atoms. The van der Waals surface area contributed by atoms with E-state index in [1.165, 1.54) is 22.6 Å². The molecule has 0 N–H and O–H groups in total. The normalized spacial score (nSPS) is 25.0. The van der Waals surface area contributed by atoms with E-state index in [0.29, 0.717) is 11.2 Å². The molecule has 1 aromatic rings. The van der Waals surface area contributed by atoms with Gasteiger partial charge in [-0.3, -0.25) is 0 Å². The van der Waals surface area contributed by atoms with Crippen LogP contribution in [0, 0.1) is 5.92 Å². The summed E-state index contributed by atoms with van der Waals surface area (Å²) in [7, 11) is 4.60. The van der Waals surface area contributed by atoms with Gasteiger partial charge in [0.25, 0.3) is 0 Å². The summed E-state index contributed by atoms with van der Waals surface area (Å²) in [6, 6.07) is 8.77. The zero-order valence-electron chi connectivity index (χ0n) is 14.1. The van der Waals surface area contributed by atoms with E-state index in [1.54, 1.807) is 0 Å². The van der Waals surface area contributed by atoms with Crippen LogP contribution in [0.5, 0.6) is 0 Å². The van der Waals surface area contributed by atoms with Gasteiger partial charge in [0.1, 0.15) is 0 Å². The number of benzene rings is 1. The number of thioether (sulfide) groups is 1. The van der Waals surface area contributed by atoms with Crippen LogP contribution in [0.1, 0.15) is 18.9 Å². The van der Waals surface area contributed by atoms with Crippen LogP contribution >= 0.6 is 23.4 Å². The summed E-state index contributed by atoms with van der Waals surface area (Å²) >= 11 is 8.25. The Morgan fingerprint density at radius 3 is 2.83 bits per heavy atom. The zero-order chi connectivity index (χ0) is 16.4. The molecule has 0 bridgehead atoms. The monoisotopic (exact) mass is 346 g/mol. The molecule has 0 saturated carbocycles. The Morgan fingerprint density at radius 2 is 2.04 bits per heavy atom. The lowest BCUT2D eigenvalue weighted by molar-refractivity contribution is -0.888. The minimum atomic E-state index is 0.393. The second-order valence-corrected chi connectivity index (χ2v) is 8.60. The van der Waals surface area contributed by atoms with Crippen molar-refractivity contribution in [1.29, 1.82) is 0 Å². The number of nitrogens with zero attached hydrogens (tertiary/aromatic N) is 1. The number of hydrogen-bond acceptors (Lipinski definition) is 1. The van der Waals surface area contributed by atoms with Gasteiger partial charge in [0.15, 0.2) is 0 Å². The molecule has 2 atom stereocenters. The molecular formula is C20H25ClNS+. The molecular weight excluding hydrogens is 322 g/mol. The van der Waals surface area contributed by atoms with Gasteiger partial charge in [-0.1, -0.05) is 48.0 Å². The molecule has 1 aliphatic heterocycles. The smallest absolute Gasteiger partial charge is 0.0817 e. The van der Waals surface area contributed by atoms with E-state index in [-0.39, 0.29) is 0 Å². The Hall–Kier alpha value is -0.960. The van der Waals surface area contributed by atoms with E-state index in [1.807, 2.05) is 17.8 Å². The molecule has 0 unspecified atom stereocenters. The molecule has 0 amide bonds. The van der Waals surface area contributed by atoms with E-state index in [4.69, 9.17) is 11.6 Å². The SMILES string of the molecule is CC[N+](C)(C)CC/C=C1/c2ccccc2S[C@H]2C=CC(Cl)=C[C@H]12. The minimum Gasteiger partial charge on any atom is -0.328 e. The quantitative estimate of drug-likeness (QED) is 0.663. The third kappa shape index (κ3) is 3.76. The van der Waals surface area contributed by atoms with Crippen LogP contribution in [0.2, 0.25) is 0 Å². The molecule has 2 aliphatic rings. The van der Waals surface area contributed by atoms with Crippen LogP contribution in [-0.2, 0) is 0 Å². The minimum absolute atomic E-state index is 0.393. The maximum atomic E-state index is 6.29. The van der Waals surface area contributed by atoms with E-state index in [0.717, 1.165) is 22.5 Å². The Kier molecular flexibility index (Phi) is 5.05. The van der Waals surface area contributed by atoms with Gasteiger partial charge in [-0.25, -0.2) is 0 Å². The number of quaternary nitrogens is 1. The van der Waals surface area contributed by atoms with E-state index >= 15 is 0 Å². The van der Waals surface area contributed by atoms with Gasteiger partial charge in [0.2, 0.25) is 0 Å². The summed E-state index contributed by atoms with van der Waals surface area (Å²) in [5.74, 6) is 0.393. The van der Waals surface area contributed by atoms with Crippen molar-refractivity contribution in [2.75, 3.05) is 27.2 Å². The molecule has 0 saturated heterocycles. The highest BCUT2D eigenvalue weighted by Crippen LogP contribution is 2.48. The summed E-state index contributed by atoms with van der Waals surface area (Å²) < 4.78 is 1.06. The fourth-order valence-corrected chi connectivity index (χ4v) is 4.62. The first kappa shape index (κ1) is 16.9. The van der Waals surface area contributed by atoms with Crippen molar-refractivity contribution in [2.45, 2.75) is 23.5 Å². The second kappa shape index (κ2) is 6.88. The summed E-state index contributed by atoms with van der Waals surface area (Å²) in [6.07, 6.45) is 10.1. The van der Waals surface area contributed by atoms with Crippen molar-refractivity contribution in [3.63, 3.8) is 0 Å². The molecule has 3 heteroatoms. The number of rotatable bonds is 4. The van der Waals surface area contributed by atoms with Crippen molar-refractivity contribution < 1.29 is 4.48 Å². The number of halogens is 1. The Bertz CT molecular complexity index is 672. The van der Waals surface area contributed by atoms with Crippen LogP contribution in [-0.4, -0.2) is 36.9 Å². The van der Waals surface area contributed by atoms with E-state index < -0.39 is 0 Å². The highest BCUT2D eigenvalue weighted by Gasteiger charge is 2.31. The van der Waals surface area contributed by atoms with Crippen molar-refractivity contribution in [3.8, 4) is 0 Å². The Balaban J connectivity index is 1.92. The van der Waals surface area contributed by atoms with Gasteiger partial charge < -0.3 is 4.48 Å². The van der Waals surface area contributed by atoms with Crippen LogP contribution in [0.25, 0.3) is 5.57 Å². The third-order valence-electron chi connectivity index (χ3n) is 4.91. The first-order valence-corrected chi connectivity index (χ1v) is 9.59. The number of allylic oxidation sites excluding steroid dienone is 4. The largest absolute Gasteiger partial charge is 0.328 e. The maximum absolute atomic E-state index is 6.29. The molecule has 1 nitrogen and oxygen atoms in total. The van der Waals surface area contributed by atoms with Crippen molar-refractivity contribution in [1.82, 2.24) is 0 Å². The molecule has 1 heterocycles. The highest BCUT2D eigenvalue weighted by molar-refractivity contribution is 8.00. The van der Waals surface area contributed by atoms with Crippen molar-refractivity contribution in [3.05, 3.63) is 59.2 Å². The second-order valence-electron chi connectivity index (χ2n) is 6.94. The number of hydrogen-bond donors (Lipinski definition) is 0. The lowest BCUT2D eigenvalue weighted by Crippen LogP contribution is -2.39. The van der Waals surface area contributed by atoms with Crippen LogP contribution in [0.3, 0.4) is 0 Å². The summed E-state index contributed by atoms with van der Waals surface area (Å²) in [4.78, 5) is 1.39. The topological polar surface area (TPSA) is 0 Å². The maximum Gasteiger partial charge on any atom is 0.0817 e. The molecule has 1 aliphatic carbocycles. The Morgan fingerprint density at radius 1 is 1.26 bits per heavy atom.